The summed E-state index contributed by atoms with van der Waals surface area (Å²) >= 11 is 5.98. The van der Waals surface area contributed by atoms with Gasteiger partial charge in [-0.15, -0.1) is 0 Å². The number of imidazole rings is 1. The Balaban J connectivity index is 2.43. The maximum absolute atomic E-state index is 12.6. The first-order chi connectivity index (χ1) is 9.35. The van der Waals surface area contributed by atoms with E-state index in [2.05, 4.69) is 11.1 Å². The van der Waals surface area contributed by atoms with E-state index in [1.54, 1.807) is 7.05 Å². The average molecular weight is 317 g/mol. The van der Waals surface area contributed by atoms with E-state index in [-0.39, 0.29) is 10.2 Å². The molecule has 1 saturated carbocycles. The fraction of sp³-hybridized carbons (Fsp3) is 0.667. The highest BCUT2D eigenvalue weighted by Crippen LogP contribution is 2.36. The van der Waals surface area contributed by atoms with E-state index in [9.17, 15) is 13.7 Å². The van der Waals surface area contributed by atoms with Gasteiger partial charge in [-0.25, -0.2) is 13.4 Å². The predicted molar refractivity (Wildman–Crippen MR) is 74.6 cm³/mol. The van der Waals surface area contributed by atoms with Crippen molar-refractivity contribution in [2.45, 2.75) is 42.7 Å². The lowest BCUT2D eigenvalue weighted by molar-refractivity contribution is 0.212. The molecule has 0 radical (unpaired) electrons. The summed E-state index contributed by atoms with van der Waals surface area (Å²) in [6.45, 7) is 0. The molecule has 20 heavy (non-hydrogen) atoms. The second kappa shape index (κ2) is 5.35. The minimum Gasteiger partial charge on any atom is -0.324 e. The fourth-order valence-corrected chi connectivity index (χ4v) is 4.43. The summed E-state index contributed by atoms with van der Waals surface area (Å²) in [6, 6.07) is 2.19. The van der Waals surface area contributed by atoms with Gasteiger partial charge in [0.15, 0.2) is 0 Å². The minimum atomic E-state index is -3.87. The minimum absolute atomic E-state index is 0.0562. The number of rotatable bonds is 3. The highest BCUT2D eigenvalue weighted by atomic mass is 35.5. The molecule has 8 heteroatoms. The van der Waals surface area contributed by atoms with E-state index in [0.29, 0.717) is 12.8 Å². The Morgan fingerprint density at radius 1 is 1.45 bits per heavy atom. The summed E-state index contributed by atoms with van der Waals surface area (Å²) in [5.74, 6) is 0. The lowest BCUT2D eigenvalue weighted by Crippen LogP contribution is -2.49. The Morgan fingerprint density at radius 3 is 2.50 bits per heavy atom. The molecular formula is C12H17ClN4O2S. The summed E-state index contributed by atoms with van der Waals surface area (Å²) in [6.07, 6.45) is 5.17. The third-order valence-corrected chi connectivity index (χ3v) is 6.35. The van der Waals surface area contributed by atoms with Crippen LogP contribution in [0.2, 0.25) is 5.15 Å². The van der Waals surface area contributed by atoms with Crippen LogP contribution >= 0.6 is 11.6 Å². The molecule has 0 bridgehead atoms. The van der Waals surface area contributed by atoms with Crippen molar-refractivity contribution in [2.24, 2.45) is 7.05 Å². The van der Waals surface area contributed by atoms with Crippen molar-refractivity contribution in [3.8, 4) is 6.07 Å². The number of aromatic nitrogens is 2. The molecule has 1 aromatic rings. The molecule has 0 saturated heterocycles. The number of aryl methyl sites for hydroxylation is 1. The summed E-state index contributed by atoms with van der Waals surface area (Å²) in [5.41, 5.74) is -0.988. The van der Waals surface area contributed by atoms with E-state index in [4.69, 9.17) is 11.6 Å². The molecule has 1 aromatic heterocycles. The maximum Gasteiger partial charge on any atom is 0.264 e. The largest absolute Gasteiger partial charge is 0.324 e. The molecule has 0 unspecified atom stereocenters. The maximum atomic E-state index is 12.6. The smallest absolute Gasteiger partial charge is 0.264 e. The highest BCUT2D eigenvalue weighted by molar-refractivity contribution is 7.89. The normalized spacial score (nSPS) is 18.9. The first-order valence-corrected chi connectivity index (χ1v) is 8.24. The molecule has 0 aromatic carbocycles. The van der Waals surface area contributed by atoms with E-state index in [1.165, 1.54) is 17.9 Å². The van der Waals surface area contributed by atoms with Crippen LogP contribution in [0.1, 0.15) is 32.1 Å². The number of halogens is 1. The Hall–Kier alpha value is -1.10. The number of hydrogen-bond acceptors (Lipinski definition) is 4. The molecule has 1 aliphatic carbocycles. The number of nitrogens with zero attached hydrogens (tertiary/aromatic N) is 4. The lowest BCUT2D eigenvalue weighted by atomic mass is 9.83. The second-order valence-corrected chi connectivity index (χ2v) is 7.37. The molecular weight excluding hydrogens is 300 g/mol. The Morgan fingerprint density at radius 2 is 2.05 bits per heavy atom. The van der Waals surface area contributed by atoms with Crippen molar-refractivity contribution >= 4 is 21.6 Å². The zero-order chi connectivity index (χ0) is 15.0. The van der Waals surface area contributed by atoms with Gasteiger partial charge >= 0.3 is 0 Å². The summed E-state index contributed by atoms with van der Waals surface area (Å²) in [7, 11) is -0.813. The fourth-order valence-electron chi connectivity index (χ4n) is 2.56. The van der Waals surface area contributed by atoms with E-state index < -0.39 is 15.6 Å². The third-order valence-electron chi connectivity index (χ3n) is 3.93. The van der Waals surface area contributed by atoms with Crippen LogP contribution in [-0.4, -0.2) is 34.9 Å². The molecule has 0 atom stereocenters. The highest BCUT2D eigenvalue weighted by Gasteiger charge is 2.44. The van der Waals surface area contributed by atoms with Crippen LogP contribution in [0.3, 0.4) is 0 Å². The van der Waals surface area contributed by atoms with Crippen LogP contribution < -0.4 is 0 Å². The Bertz CT molecular complexity index is 641. The molecule has 2 rings (SSSR count). The first kappa shape index (κ1) is 15.3. The van der Waals surface area contributed by atoms with Crippen molar-refractivity contribution in [1.29, 1.82) is 5.26 Å². The molecule has 0 amide bonds. The summed E-state index contributed by atoms with van der Waals surface area (Å²) < 4.78 is 27.9. The van der Waals surface area contributed by atoms with Gasteiger partial charge in [0.05, 0.1) is 12.4 Å². The topological polar surface area (TPSA) is 79.0 Å². The molecule has 110 valence electrons. The van der Waals surface area contributed by atoms with Crippen LogP contribution in [-0.2, 0) is 17.1 Å². The monoisotopic (exact) mass is 316 g/mol. The molecule has 1 fully saturated rings. The van der Waals surface area contributed by atoms with Crippen molar-refractivity contribution in [1.82, 2.24) is 13.9 Å². The molecule has 0 N–H and O–H groups in total. The zero-order valence-corrected chi connectivity index (χ0v) is 13.1. The van der Waals surface area contributed by atoms with Crippen molar-refractivity contribution in [2.75, 3.05) is 7.05 Å². The van der Waals surface area contributed by atoms with Crippen LogP contribution in [0.25, 0.3) is 0 Å². The Labute approximate surface area is 124 Å². The molecule has 0 aliphatic heterocycles. The van der Waals surface area contributed by atoms with Crippen LogP contribution in [0.4, 0.5) is 0 Å². The van der Waals surface area contributed by atoms with E-state index >= 15 is 0 Å². The van der Waals surface area contributed by atoms with Crippen LogP contribution in [0.15, 0.2) is 11.4 Å². The number of sulfonamides is 1. The number of hydrogen-bond donors (Lipinski definition) is 0. The van der Waals surface area contributed by atoms with Gasteiger partial charge in [0.25, 0.3) is 10.0 Å². The molecule has 1 aliphatic rings. The zero-order valence-electron chi connectivity index (χ0n) is 11.5. The average Bonchev–Trinajstić information content (AvgIpc) is 2.79. The van der Waals surface area contributed by atoms with Gasteiger partial charge in [0.1, 0.15) is 10.7 Å². The predicted octanol–water partition coefficient (Wildman–Crippen LogP) is 1.92. The van der Waals surface area contributed by atoms with Gasteiger partial charge in [0, 0.05) is 14.1 Å². The molecule has 6 nitrogen and oxygen atoms in total. The molecule has 1 heterocycles. The van der Waals surface area contributed by atoms with Gasteiger partial charge in [0.2, 0.25) is 5.03 Å². The molecule has 0 spiro atoms. The second-order valence-electron chi connectivity index (χ2n) is 5.13. The van der Waals surface area contributed by atoms with Gasteiger partial charge in [-0.3, -0.25) is 0 Å². The summed E-state index contributed by atoms with van der Waals surface area (Å²) in [4.78, 5) is 3.86. The van der Waals surface area contributed by atoms with Crippen molar-refractivity contribution in [3.05, 3.63) is 11.5 Å². The van der Waals surface area contributed by atoms with Crippen LogP contribution in [0.5, 0.6) is 0 Å². The SMILES string of the molecule is CN(C1(C#N)CCCCC1)S(=O)(=O)c1ncn(C)c1Cl. The van der Waals surface area contributed by atoms with Crippen molar-refractivity contribution < 1.29 is 8.42 Å². The van der Waals surface area contributed by atoms with E-state index in [0.717, 1.165) is 23.6 Å². The van der Waals surface area contributed by atoms with Gasteiger partial charge < -0.3 is 4.57 Å². The number of nitriles is 1. The Kier molecular flexibility index (Phi) is 4.09. The first-order valence-electron chi connectivity index (χ1n) is 6.42. The standard InChI is InChI=1S/C12H17ClN4O2S/c1-16-9-15-11(10(16)13)20(18,19)17(2)12(8-14)6-4-3-5-7-12/h9H,3-7H2,1-2H3. The lowest BCUT2D eigenvalue weighted by Gasteiger charge is -2.37. The van der Waals surface area contributed by atoms with Crippen LogP contribution in [0, 0.1) is 11.3 Å². The van der Waals surface area contributed by atoms with Gasteiger partial charge in [-0.2, -0.15) is 9.57 Å². The van der Waals surface area contributed by atoms with Gasteiger partial charge in [-0.05, 0) is 12.8 Å². The summed E-state index contributed by atoms with van der Waals surface area (Å²) in [5, 5.41) is 9.35. The van der Waals surface area contributed by atoms with Gasteiger partial charge in [-0.1, -0.05) is 30.9 Å². The third kappa shape index (κ3) is 2.32. The van der Waals surface area contributed by atoms with Crippen molar-refractivity contribution in [3.63, 3.8) is 0 Å². The quantitative estimate of drug-likeness (QED) is 0.853. The van der Waals surface area contributed by atoms with E-state index in [1.807, 2.05) is 0 Å².